The Morgan fingerprint density at radius 1 is 1.29 bits per heavy atom. The number of halogens is 1. The molecule has 7 nitrogen and oxygen atoms in total. The number of carbonyl (C=O) groups excluding carboxylic acids is 1. The lowest BCUT2D eigenvalue weighted by Gasteiger charge is -2.26. The molecule has 0 radical (unpaired) electrons. The highest BCUT2D eigenvalue weighted by molar-refractivity contribution is 9.10. The van der Waals surface area contributed by atoms with E-state index in [1.54, 1.807) is 30.3 Å². The first-order chi connectivity index (χ1) is 13.4. The van der Waals surface area contributed by atoms with E-state index in [0.29, 0.717) is 29.2 Å². The van der Waals surface area contributed by atoms with E-state index in [0.717, 1.165) is 4.47 Å². The van der Waals surface area contributed by atoms with Gasteiger partial charge in [0.1, 0.15) is 5.75 Å². The number of fused-ring (bicyclic) bond motifs is 2. The van der Waals surface area contributed by atoms with Crippen molar-refractivity contribution in [1.29, 1.82) is 0 Å². The maximum atomic E-state index is 13.1. The lowest BCUT2D eigenvalue weighted by Crippen LogP contribution is -2.54. The molecule has 0 aromatic heterocycles. The van der Waals surface area contributed by atoms with Crippen LogP contribution in [0.2, 0.25) is 0 Å². The van der Waals surface area contributed by atoms with Crippen LogP contribution in [-0.4, -0.2) is 29.5 Å². The van der Waals surface area contributed by atoms with Crippen molar-refractivity contribution in [2.75, 3.05) is 11.9 Å². The first-order valence-corrected chi connectivity index (χ1v) is 9.93. The van der Waals surface area contributed by atoms with Crippen molar-refractivity contribution >= 4 is 27.5 Å². The molecule has 1 fully saturated rings. The molecule has 4 rings (SSSR count). The Hall–Kier alpha value is -2.45. The van der Waals surface area contributed by atoms with E-state index in [1.165, 1.54) is 0 Å². The zero-order valence-electron chi connectivity index (χ0n) is 15.4. The van der Waals surface area contributed by atoms with Crippen molar-refractivity contribution in [2.24, 2.45) is 0 Å². The maximum absolute atomic E-state index is 13.1. The van der Waals surface area contributed by atoms with E-state index in [2.05, 4.69) is 26.6 Å². The Morgan fingerprint density at radius 2 is 2.04 bits per heavy atom. The van der Waals surface area contributed by atoms with Gasteiger partial charge in [0.15, 0.2) is 5.54 Å². The van der Waals surface area contributed by atoms with Gasteiger partial charge >= 0.3 is 0 Å². The molecule has 1 saturated heterocycles. The minimum Gasteiger partial charge on any atom is -0.494 e. The van der Waals surface area contributed by atoms with Crippen molar-refractivity contribution in [1.82, 2.24) is 5.32 Å². The Labute approximate surface area is 170 Å². The molecule has 2 N–H and O–H groups in total. The van der Waals surface area contributed by atoms with Crippen LogP contribution < -0.4 is 15.4 Å². The largest absolute Gasteiger partial charge is 0.494 e. The summed E-state index contributed by atoms with van der Waals surface area (Å²) in [7, 11) is 0. The predicted molar refractivity (Wildman–Crippen MR) is 108 cm³/mol. The summed E-state index contributed by atoms with van der Waals surface area (Å²) in [5, 5.41) is 18.4. The normalized spacial score (nSPS) is 28.2. The predicted octanol–water partition coefficient (Wildman–Crippen LogP) is 3.42. The number of nitro groups is 1. The fourth-order valence-electron chi connectivity index (χ4n) is 4.59. The molecule has 28 heavy (non-hydrogen) atoms. The van der Waals surface area contributed by atoms with Crippen LogP contribution in [0.4, 0.5) is 5.69 Å². The number of rotatable bonds is 4. The number of hydrogen-bond donors (Lipinski definition) is 2. The maximum Gasteiger partial charge on any atom is 0.256 e. The van der Waals surface area contributed by atoms with Crippen molar-refractivity contribution in [3.05, 3.63) is 68.2 Å². The summed E-state index contributed by atoms with van der Waals surface area (Å²) < 4.78 is 6.56. The lowest BCUT2D eigenvalue weighted by molar-refractivity contribution is -0.532. The van der Waals surface area contributed by atoms with Crippen LogP contribution in [0.25, 0.3) is 0 Å². The highest BCUT2D eigenvalue weighted by atomic mass is 79.9. The van der Waals surface area contributed by atoms with Crippen LogP contribution in [0.3, 0.4) is 0 Å². The average Bonchev–Trinajstić information content (AvgIpc) is 3.12. The first kappa shape index (κ1) is 18.9. The third-order valence-electron chi connectivity index (χ3n) is 5.59. The molecule has 1 spiro atoms. The smallest absolute Gasteiger partial charge is 0.256 e. The monoisotopic (exact) mass is 445 g/mol. The third-order valence-corrected chi connectivity index (χ3v) is 6.09. The molecule has 2 aromatic carbocycles. The van der Waals surface area contributed by atoms with Gasteiger partial charge in [-0.1, -0.05) is 34.1 Å². The van der Waals surface area contributed by atoms with E-state index in [9.17, 15) is 14.9 Å². The van der Waals surface area contributed by atoms with Gasteiger partial charge in [0, 0.05) is 32.3 Å². The summed E-state index contributed by atoms with van der Waals surface area (Å²) in [5.41, 5.74) is 0.519. The lowest BCUT2D eigenvalue weighted by atomic mass is 9.78. The molecule has 0 aliphatic carbocycles. The highest BCUT2D eigenvalue weighted by Crippen LogP contribution is 2.51. The van der Waals surface area contributed by atoms with Gasteiger partial charge < -0.3 is 10.1 Å². The number of ether oxygens (including phenoxy) is 1. The molecular weight excluding hydrogens is 426 g/mol. The number of hydrogen-bond acceptors (Lipinski definition) is 5. The summed E-state index contributed by atoms with van der Waals surface area (Å²) in [4.78, 5) is 25.1. The Kier molecular flexibility index (Phi) is 4.63. The minimum absolute atomic E-state index is 0.319. The Bertz CT molecular complexity index is 966. The number of carbonyl (C=O) groups is 1. The van der Waals surface area contributed by atoms with Crippen LogP contribution >= 0.6 is 15.9 Å². The number of amides is 1. The van der Waals surface area contributed by atoms with Crippen molar-refractivity contribution in [2.45, 2.75) is 37.4 Å². The SMILES string of the molecule is CCOc1ccc(Br)cc1[C@@H]1[C@H](C)N[C@]2(C(=O)Nc3ccccc32)[C@H]1[N+](=O)[O-]. The van der Waals surface area contributed by atoms with Crippen LogP contribution in [-0.2, 0) is 10.3 Å². The van der Waals surface area contributed by atoms with Crippen LogP contribution in [0, 0.1) is 10.1 Å². The van der Waals surface area contributed by atoms with Gasteiger partial charge in [0.25, 0.3) is 11.9 Å². The van der Waals surface area contributed by atoms with E-state index < -0.39 is 23.4 Å². The Morgan fingerprint density at radius 3 is 2.75 bits per heavy atom. The van der Waals surface area contributed by atoms with E-state index in [-0.39, 0.29) is 11.0 Å². The van der Waals surface area contributed by atoms with Gasteiger partial charge in [-0.05, 0) is 38.1 Å². The second kappa shape index (κ2) is 6.86. The zero-order valence-corrected chi connectivity index (χ0v) is 17.0. The van der Waals surface area contributed by atoms with E-state index in [4.69, 9.17) is 4.74 Å². The quantitative estimate of drug-likeness (QED) is 0.555. The zero-order chi connectivity index (χ0) is 20.1. The third kappa shape index (κ3) is 2.62. The average molecular weight is 446 g/mol. The van der Waals surface area contributed by atoms with Crippen LogP contribution in [0.15, 0.2) is 46.9 Å². The first-order valence-electron chi connectivity index (χ1n) is 9.14. The van der Waals surface area contributed by atoms with E-state index in [1.807, 2.05) is 26.0 Å². The molecular formula is C20H20BrN3O4. The number of benzene rings is 2. The number of nitrogens with zero attached hydrogens (tertiary/aromatic N) is 1. The summed E-state index contributed by atoms with van der Waals surface area (Å²) in [6.07, 6.45) is 0. The van der Waals surface area contributed by atoms with Crippen molar-refractivity contribution in [3.8, 4) is 5.75 Å². The van der Waals surface area contributed by atoms with Gasteiger partial charge in [0.2, 0.25) is 0 Å². The molecule has 2 aromatic rings. The highest BCUT2D eigenvalue weighted by Gasteiger charge is 2.67. The molecule has 0 unspecified atom stereocenters. The van der Waals surface area contributed by atoms with Gasteiger partial charge in [0.05, 0.1) is 12.5 Å². The minimum atomic E-state index is -1.42. The topological polar surface area (TPSA) is 93.5 Å². The van der Waals surface area contributed by atoms with Crippen molar-refractivity contribution in [3.63, 3.8) is 0 Å². The standard InChI is InChI=1S/C20H20BrN3O4/c1-3-28-16-9-8-12(21)10-13(16)17-11(2)23-20(18(17)24(26)27)14-6-4-5-7-15(14)22-19(20)25/h4-11,17-18,23H,3H2,1-2H3,(H,22,25)/t11-,17-,18-,20-/m0/s1. The van der Waals surface area contributed by atoms with Crippen LogP contribution in [0.1, 0.15) is 30.9 Å². The summed E-state index contributed by atoms with van der Waals surface area (Å²) >= 11 is 3.46. The molecule has 8 heteroatoms. The Balaban J connectivity index is 1.91. The van der Waals surface area contributed by atoms with Crippen molar-refractivity contribution < 1.29 is 14.5 Å². The molecule has 1 amide bonds. The number of anilines is 1. The van der Waals surface area contributed by atoms with Crippen LogP contribution in [0.5, 0.6) is 5.75 Å². The van der Waals surface area contributed by atoms with Gasteiger partial charge in [-0.25, -0.2) is 0 Å². The summed E-state index contributed by atoms with van der Waals surface area (Å²) in [6.45, 7) is 4.19. The fourth-order valence-corrected chi connectivity index (χ4v) is 4.97. The van der Waals surface area contributed by atoms with Gasteiger partial charge in [-0.15, -0.1) is 0 Å². The van der Waals surface area contributed by atoms with Gasteiger partial charge in [-0.2, -0.15) is 0 Å². The molecule has 2 aliphatic heterocycles. The molecule has 2 heterocycles. The summed E-state index contributed by atoms with van der Waals surface area (Å²) in [6, 6.07) is 11.1. The molecule has 0 bridgehead atoms. The van der Waals surface area contributed by atoms with Gasteiger partial charge in [-0.3, -0.25) is 20.2 Å². The number of nitrogens with one attached hydrogen (secondary N) is 2. The van der Waals surface area contributed by atoms with E-state index >= 15 is 0 Å². The second-order valence-electron chi connectivity index (χ2n) is 7.11. The molecule has 4 atom stereocenters. The fraction of sp³-hybridized carbons (Fsp3) is 0.350. The summed E-state index contributed by atoms with van der Waals surface area (Å²) in [5.74, 6) is -0.344. The molecule has 0 saturated carbocycles. The second-order valence-corrected chi connectivity index (χ2v) is 8.03. The number of para-hydroxylation sites is 1. The molecule has 146 valence electrons. The molecule has 2 aliphatic rings.